The van der Waals surface area contributed by atoms with Crippen LogP contribution < -0.4 is 11.1 Å². The average molecular weight is 410 g/mol. The molecule has 0 radical (unpaired) electrons. The standard InChI is InChI=1S/C24H28FN3O2/c25-19-8-4-7-18(15-19)24(11-1-2-12-24)23(30)27-20-9-3-6-17(14-20)16-28-13-5-10-21(28)22(26)29/h3-4,6-9,14-15,21H,1-2,5,10-13,16H2,(H2,26,29)(H,27,30). The lowest BCUT2D eigenvalue weighted by Gasteiger charge is -2.28. The summed E-state index contributed by atoms with van der Waals surface area (Å²) in [6, 6.07) is 13.9. The van der Waals surface area contributed by atoms with E-state index in [9.17, 15) is 14.0 Å². The van der Waals surface area contributed by atoms with Crippen molar-refractivity contribution in [2.75, 3.05) is 11.9 Å². The summed E-state index contributed by atoms with van der Waals surface area (Å²) in [6.07, 6.45) is 5.09. The first kappa shape index (κ1) is 20.5. The molecule has 6 heteroatoms. The second-order valence-electron chi connectivity index (χ2n) is 8.48. The van der Waals surface area contributed by atoms with Gasteiger partial charge in [0.2, 0.25) is 11.8 Å². The first-order chi connectivity index (χ1) is 14.5. The Kier molecular flexibility index (Phi) is 5.86. The Morgan fingerprint density at radius 1 is 1.10 bits per heavy atom. The number of nitrogens with one attached hydrogen (secondary N) is 1. The lowest BCUT2D eigenvalue weighted by Crippen LogP contribution is -2.39. The highest BCUT2D eigenvalue weighted by molar-refractivity contribution is 5.99. The summed E-state index contributed by atoms with van der Waals surface area (Å²) >= 11 is 0. The largest absolute Gasteiger partial charge is 0.368 e. The molecular weight excluding hydrogens is 381 g/mol. The van der Waals surface area contributed by atoms with Crippen LogP contribution in [0.2, 0.25) is 0 Å². The molecule has 1 saturated heterocycles. The molecule has 158 valence electrons. The molecular formula is C24H28FN3O2. The Morgan fingerprint density at radius 3 is 2.60 bits per heavy atom. The zero-order valence-corrected chi connectivity index (χ0v) is 17.1. The molecule has 1 saturated carbocycles. The molecule has 2 amide bonds. The first-order valence-corrected chi connectivity index (χ1v) is 10.7. The molecule has 30 heavy (non-hydrogen) atoms. The summed E-state index contributed by atoms with van der Waals surface area (Å²) in [5, 5.41) is 3.07. The summed E-state index contributed by atoms with van der Waals surface area (Å²) in [5.74, 6) is -0.683. The van der Waals surface area contributed by atoms with Crippen LogP contribution >= 0.6 is 0 Å². The van der Waals surface area contributed by atoms with Crippen molar-refractivity contribution < 1.29 is 14.0 Å². The van der Waals surface area contributed by atoms with E-state index in [1.54, 1.807) is 6.07 Å². The smallest absolute Gasteiger partial charge is 0.235 e. The van der Waals surface area contributed by atoms with Gasteiger partial charge >= 0.3 is 0 Å². The molecule has 1 aliphatic carbocycles. The molecule has 2 aliphatic rings. The molecule has 2 aromatic rings. The Hall–Kier alpha value is -2.73. The van der Waals surface area contributed by atoms with Gasteiger partial charge in [0, 0.05) is 12.2 Å². The highest BCUT2D eigenvalue weighted by Crippen LogP contribution is 2.42. The van der Waals surface area contributed by atoms with Crippen LogP contribution in [-0.2, 0) is 21.5 Å². The summed E-state index contributed by atoms with van der Waals surface area (Å²) in [7, 11) is 0. The molecule has 0 aromatic heterocycles. The minimum atomic E-state index is -0.690. The van der Waals surface area contributed by atoms with Crippen LogP contribution in [0, 0.1) is 5.82 Å². The van der Waals surface area contributed by atoms with Crippen molar-refractivity contribution in [2.24, 2.45) is 5.73 Å². The second-order valence-corrected chi connectivity index (χ2v) is 8.48. The third-order valence-corrected chi connectivity index (χ3v) is 6.53. The maximum atomic E-state index is 13.8. The molecule has 0 spiro atoms. The van der Waals surface area contributed by atoms with Gasteiger partial charge < -0.3 is 11.1 Å². The van der Waals surface area contributed by atoms with Gasteiger partial charge in [-0.15, -0.1) is 0 Å². The minimum absolute atomic E-state index is 0.0843. The van der Waals surface area contributed by atoms with Crippen LogP contribution in [0.3, 0.4) is 0 Å². The van der Waals surface area contributed by atoms with Gasteiger partial charge in [0.25, 0.3) is 0 Å². The van der Waals surface area contributed by atoms with Crippen LogP contribution in [0.1, 0.15) is 49.7 Å². The van der Waals surface area contributed by atoms with E-state index in [-0.39, 0.29) is 23.7 Å². The van der Waals surface area contributed by atoms with Gasteiger partial charge in [-0.05, 0) is 67.6 Å². The zero-order valence-electron chi connectivity index (χ0n) is 17.1. The quantitative estimate of drug-likeness (QED) is 0.763. The molecule has 1 unspecified atom stereocenters. The SMILES string of the molecule is NC(=O)C1CCCN1Cc1cccc(NC(=O)C2(c3cccc(F)c3)CCCC2)c1. The number of nitrogens with two attached hydrogens (primary N) is 1. The highest BCUT2D eigenvalue weighted by Gasteiger charge is 2.43. The van der Waals surface area contributed by atoms with E-state index in [1.807, 2.05) is 30.3 Å². The fraction of sp³-hybridized carbons (Fsp3) is 0.417. The van der Waals surface area contributed by atoms with E-state index >= 15 is 0 Å². The van der Waals surface area contributed by atoms with Crippen molar-refractivity contribution >= 4 is 17.5 Å². The van der Waals surface area contributed by atoms with Gasteiger partial charge in [0.15, 0.2) is 0 Å². The average Bonchev–Trinajstić information content (AvgIpc) is 3.39. The van der Waals surface area contributed by atoms with Crippen molar-refractivity contribution in [3.63, 3.8) is 0 Å². The Bertz CT molecular complexity index is 940. The molecule has 2 aromatic carbocycles. The van der Waals surface area contributed by atoms with Gasteiger partial charge in [-0.1, -0.05) is 37.1 Å². The van der Waals surface area contributed by atoms with Crippen molar-refractivity contribution in [3.8, 4) is 0 Å². The van der Waals surface area contributed by atoms with Gasteiger partial charge in [-0.2, -0.15) is 0 Å². The molecule has 4 rings (SSSR count). The molecule has 0 bridgehead atoms. The lowest BCUT2D eigenvalue weighted by atomic mass is 9.78. The maximum Gasteiger partial charge on any atom is 0.235 e. The van der Waals surface area contributed by atoms with Gasteiger partial charge in [-0.3, -0.25) is 14.5 Å². The molecule has 1 aliphatic heterocycles. The molecule has 3 N–H and O–H groups in total. The molecule has 1 atom stereocenters. The number of primary amides is 1. The number of carbonyl (C=O) groups is 2. The number of likely N-dealkylation sites (tertiary alicyclic amines) is 1. The monoisotopic (exact) mass is 409 g/mol. The number of benzene rings is 2. The van der Waals surface area contributed by atoms with Gasteiger partial charge in [-0.25, -0.2) is 4.39 Å². The van der Waals surface area contributed by atoms with E-state index in [2.05, 4.69) is 10.2 Å². The fourth-order valence-electron chi connectivity index (χ4n) is 4.98. The predicted molar refractivity (Wildman–Crippen MR) is 114 cm³/mol. The second kappa shape index (κ2) is 8.56. The Balaban J connectivity index is 1.52. The number of rotatable bonds is 6. The fourth-order valence-corrected chi connectivity index (χ4v) is 4.98. The first-order valence-electron chi connectivity index (χ1n) is 10.7. The van der Waals surface area contributed by atoms with E-state index < -0.39 is 5.41 Å². The minimum Gasteiger partial charge on any atom is -0.368 e. The van der Waals surface area contributed by atoms with E-state index in [0.29, 0.717) is 6.54 Å². The number of hydrogen-bond acceptors (Lipinski definition) is 3. The number of halogens is 1. The van der Waals surface area contributed by atoms with Crippen molar-refractivity contribution in [2.45, 2.75) is 56.5 Å². The van der Waals surface area contributed by atoms with Crippen molar-refractivity contribution in [1.82, 2.24) is 4.90 Å². The van der Waals surface area contributed by atoms with Crippen LogP contribution in [0.25, 0.3) is 0 Å². The topological polar surface area (TPSA) is 75.4 Å². The molecule has 5 nitrogen and oxygen atoms in total. The van der Waals surface area contributed by atoms with Crippen molar-refractivity contribution in [3.05, 3.63) is 65.5 Å². The number of anilines is 1. The summed E-state index contributed by atoms with van der Waals surface area (Å²) in [5.41, 5.74) is 7.32. The zero-order chi connectivity index (χ0) is 21.1. The third-order valence-electron chi connectivity index (χ3n) is 6.53. The normalized spacial score (nSPS) is 20.9. The van der Waals surface area contributed by atoms with Crippen LogP contribution in [0.4, 0.5) is 10.1 Å². The third kappa shape index (κ3) is 4.10. The summed E-state index contributed by atoms with van der Waals surface area (Å²) in [4.78, 5) is 27.1. The van der Waals surface area contributed by atoms with Gasteiger partial charge in [0.05, 0.1) is 11.5 Å². The molecule has 1 heterocycles. The van der Waals surface area contributed by atoms with E-state index in [0.717, 1.165) is 61.9 Å². The van der Waals surface area contributed by atoms with Gasteiger partial charge in [0.1, 0.15) is 5.82 Å². The lowest BCUT2D eigenvalue weighted by molar-refractivity contribution is -0.122. The number of hydrogen-bond donors (Lipinski definition) is 2. The van der Waals surface area contributed by atoms with Crippen LogP contribution in [0.5, 0.6) is 0 Å². The van der Waals surface area contributed by atoms with E-state index in [4.69, 9.17) is 5.73 Å². The van der Waals surface area contributed by atoms with Crippen molar-refractivity contribution in [1.29, 1.82) is 0 Å². The highest BCUT2D eigenvalue weighted by atomic mass is 19.1. The summed E-state index contributed by atoms with van der Waals surface area (Å²) in [6.45, 7) is 1.46. The predicted octanol–water partition coefficient (Wildman–Crippen LogP) is 3.73. The Morgan fingerprint density at radius 2 is 1.87 bits per heavy atom. The molecule has 2 fully saturated rings. The maximum absolute atomic E-state index is 13.8. The number of amides is 2. The summed E-state index contributed by atoms with van der Waals surface area (Å²) < 4.78 is 13.8. The van der Waals surface area contributed by atoms with Crippen LogP contribution in [0.15, 0.2) is 48.5 Å². The number of nitrogens with zero attached hydrogens (tertiary/aromatic N) is 1. The van der Waals surface area contributed by atoms with Crippen LogP contribution in [-0.4, -0.2) is 29.3 Å². The number of carbonyl (C=O) groups excluding carboxylic acids is 2. The Labute approximate surface area is 176 Å². The van der Waals surface area contributed by atoms with E-state index in [1.165, 1.54) is 12.1 Å².